The highest BCUT2D eigenvalue weighted by molar-refractivity contribution is 6.06. The number of anilines is 1. The van der Waals surface area contributed by atoms with Crippen LogP contribution in [0.25, 0.3) is 10.9 Å². The van der Waals surface area contributed by atoms with Crippen LogP contribution in [0.15, 0.2) is 76.0 Å². The highest BCUT2D eigenvalue weighted by Gasteiger charge is 2.43. The van der Waals surface area contributed by atoms with Crippen molar-refractivity contribution in [2.75, 3.05) is 19.1 Å². The van der Waals surface area contributed by atoms with Crippen molar-refractivity contribution < 1.29 is 19.1 Å². The summed E-state index contributed by atoms with van der Waals surface area (Å²) in [5.74, 6) is -2.68. The van der Waals surface area contributed by atoms with E-state index in [1.165, 1.54) is 25.2 Å². The largest absolute Gasteiger partial charge is 0.466 e. The Bertz CT molecular complexity index is 1420. The second kappa shape index (κ2) is 8.39. The lowest BCUT2D eigenvalue weighted by Gasteiger charge is -2.35. The Morgan fingerprint density at radius 2 is 1.76 bits per heavy atom. The minimum absolute atomic E-state index is 0.0527. The van der Waals surface area contributed by atoms with E-state index in [0.717, 1.165) is 0 Å². The van der Waals surface area contributed by atoms with Crippen LogP contribution in [-0.4, -0.2) is 36.4 Å². The van der Waals surface area contributed by atoms with Crippen LogP contribution in [0.5, 0.6) is 0 Å². The van der Waals surface area contributed by atoms with Crippen molar-refractivity contribution in [2.24, 2.45) is 5.73 Å². The van der Waals surface area contributed by atoms with E-state index in [1.807, 2.05) is 0 Å². The molecule has 1 unspecified atom stereocenters. The zero-order valence-electron chi connectivity index (χ0n) is 17.7. The summed E-state index contributed by atoms with van der Waals surface area (Å²) in [5.41, 5.74) is 7.24. The molecule has 0 saturated carbocycles. The maximum Gasteiger partial charge on any atom is 0.355 e. The standard InChI is InChI=1S/C23H19N5O5/c1-32-22(30)18-17(12-6-4-3-5-7-12)15(11-24)20(25)28(19(18)23(31)33-2)13-8-9-14-16(10-13)26-27-21(14)29/h3-10,17H,25H2,1-2H3,(H2,26,27,29). The number of allylic oxidation sites excluding steroid dienone is 1. The number of carbonyl (C=O) groups is 2. The highest BCUT2D eigenvalue weighted by atomic mass is 16.5. The summed E-state index contributed by atoms with van der Waals surface area (Å²) in [5, 5.41) is 15.6. The first kappa shape index (κ1) is 21.5. The first-order valence-corrected chi connectivity index (χ1v) is 9.78. The number of aromatic amines is 2. The summed E-state index contributed by atoms with van der Waals surface area (Å²) >= 11 is 0. The van der Waals surface area contributed by atoms with Crippen LogP contribution in [0.1, 0.15) is 11.5 Å². The molecule has 0 spiro atoms. The number of nitrogens with two attached hydrogens (primary N) is 1. The number of nitriles is 1. The van der Waals surface area contributed by atoms with Gasteiger partial charge in [-0.1, -0.05) is 30.3 Å². The molecule has 10 heteroatoms. The second-order valence-corrected chi connectivity index (χ2v) is 7.14. The Kier molecular flexibility index (Phi) is 5.46. The fraction of sp³-hybridized carbons (Fsp3) is 0.130. The number of nitrogens with zero attached hydrogens (tertiary/aromatic N) is 2. The number of esters is 2. The number of hydrogen-bond donors (Lipinski definition) is 3. The third-order valence-corrected chi connectivity index (χ3v) is 5.43. The summed E-state index contributed by atoms with van der Waals surface area (Å²) in [6.07, 6.45) is 0. The molecule has 0 saturated heterocycles. The molecular weight excluding hydrogens is 426 g/mol. The van der Waals surface area contributed by atoms with Crippen molar-refractivity contribution in [2.45, 2.75) is 5.92 Å². The number of carbonyl (C=O) groups excluding carboxylic acids is 2. The fourth-order valence-corrected chi connectivity index (χ4v) is 3.95. The summed E-state index contributed by atoms with van der Waals surface area (Å²) in [6, 6.07) is 15.5. The number of aromatic nitrogens is 2. The number of benzene rings is 2. The van der Waals surface area contributed by atoms with Gasteiger partial charge in [0.15, 0.2) is 0 Å². The van der Waals surface area contributed by atoms with Crippen LogP contribution in [0.4, 0.5) is 5.69 Å². The van der Waals surface area contributed by atoms with Crippen LogP contribution in [0.2, 0.25) is 0 Å². The smallest absolute Gasteiger partial charge is 0.355 e. The van der Waals surface area contributed by atoms with Crippen molar-refractivity contribution in [3.8, 4) is 6.07 Å². The van der Waals surface area contributed by atoms with E-state index >= 15 is 0 Å². The van der Waals surface area contributed by atoms with Gasteiger partial charge in [0.1, 0.15) is 11.5 Å². The van der Waals surface area contributed by atoms with E-state index < -0.39 is 17.9 Å². The molecule has 166 valence electrons. The van der Waals surface area contributed by atoms with Crippen molar-refractivity contribution in [3.63, 3.8) is 0 Å². The van der Waals surface area contributed by atoms with Crippen LogP contribution < -0.4 is 16.2 Å². The number of nitrogens with one attached hydrogen (secondary N) is 2. The average Bonchev–Trinajstić information content (AvgIpc) is 3.22. The molecular formula is C23H19N5O5. The first-order valence-electron chi connectivity index (χ1n) is 9.78. The van der Waals surface area contributed by atoms with Crippen LogP contribution >= 0.6 is 0 Å². The molecule has 1 aliphatic rings. The van der Waals surface area contributed by atoms with E-state index in [4.69, 9.17) is 15.2 Å². The van der Waals surface area contributed by atoms with Crippen LogP contribution in [0.3, 0.4) is 0 Å². The van der Waals surface area contributed by atoms with Crippen LogP contribution in [-0.2, 0) is 19.1 Å². The zero-order valence-corrected chi connectivity index (χ0v) is 17.7. The molecule has 0 aliphatic carbocycles. The second-order valence-electron chi connectivity index (χ2n) is 7.14. The molecule has 0 fully saturated rings. The molecule has 3 aromatic rings. The van der Waals surface area contributed by atoms with Crippen molar-refractivity contribution in [3.05, 3.63) is 87.1 Å². The normalized spacial score (nSPS) is 16.0. The predicted molar refractivity (Wildman–Crippen MR) is 118 cm³/mol. The van der Waals surface area contributed by atoms with Crippen molar-refractivity contribution in [1.82, 2.24) is 10.2 Å². The van der Waals surface area contributed by atoms with Gasteiger partial charge in [-0.3, -0.25) is 19.9 Å². The summed E-state index contributed by atoms with van der Waals surface area (Å²) in [7, 11) is 2.35. The van der Waals surface area contributed by atoms with Gasteiger partial charge in [0.2, 0.25) is 0 Å². The van der Waals surface area contributed by atoms with Gasteiger partial charge in [0.25, 0.3) is 5.56 Å². The minimum Gasteiger partial charge on any atom is -0.466 e. The van der Waals surface area contributed by atoms with Gasteiger partial charge in [0.05, 0.1) is 48.3 Å². The molecule has 0 bridgehead atoms. The lowest BCUT2D eigenvalue weighted by Crippen LogP contribution is -2.40. The summed E-state index contributed by atoms with van der Waals surface area (Å²) in [6.45, 7) is 0. The molecule has 0 amide bonds. The molecule has 0 radical (unpaired) electrons. The number of hydrogen-bond acceptors (Lipinski definition) is 8. The Labute approximate surface area is 187 Å². The molecule has 1 aromatic heterocycles. The lowest BCUT2D eigenvalue weighted by molar-refractivity contribution is -0.139. The maximum atomic E-state index is 13.0. The van der Waals surface area contributed by atoms with Gasteiger partial charge in [-0.15, -0.1) is 0 Å². The quantitative estimate of drug-likeness (QED) is 0.513. The Hall–Kier alpha value is -4.78. The van der Waals surface area contributed by atoms with E-state index in [2.05, 4.69) is 16.3 Å². The van der Waals surface area contributed by atoms with E-state index in [9.17, 15) is 19.6 Å². The first-order chi connectivity index (χ1) is 15.9. The van der Waals surface area contributed by atoms with Crippen molar-refractivity contribution in [1.29, 1.82) is 5.26 Å². The van der Waals surface area contributed by atoms with E-state index in [-0.39, 0.29) is 28.2 Å². The SMILES string of the molecule is COC(=O)C1=C(C(=O)OC)N(c2ccc3c(=O)[nH][nH]c3c2)C(N)=C(C#N)C1c1ccccc1. The summed E-state index contributed by atoms with van der Waals surface area (Å²) in [4.78, 5) is 39.2. The summed E-state index contributed by atoms with van der Waals surface area (Å²) < 4.78 is 9.98. The topological polar surface area (TPSA) is 154 Å². The Morgan fingerprint density at radius 3 is 2.39 bits per heavy atom. The zero-order chi connectivity index (χ0) is 23.7. The fourth-order valence-electron chi connectivity index (χ4n) is 3.95. The molecule has 2 aromatic carbocycles. The number of rotatable bonds is 4. The monoisotopic (exact) mass is 445 g/mol. The molecule has 1 atom stereocenters. The number of H-pyrrole nitrogens is 2. The van der Waals surface area contributed by atoms with Gasteiger partial charge in [-0.05, 0) is 23.8 Å². The van der Waals surface area contributed by atoms with Gasteiger partial charge >= 0.3 is 11.9 Å². The van der Waals surface area contributed by atoms with E-state index in [0.29, 0.717) is 22.2 Å². The van der Waals surface area contributed by atoms with Crippen LogP contribution in [0, 0.1) is 11.3 Å². The van der Waals surface area contributed by atoms with Gasteiger partial charge in [0, 0.05) is 5.69 Å². The average molecular weight is 445 g/mol. The lowest BCUT2D eigenvalue weighted by atomic mass is 9.81. The number of ether oxygens (including phenoxy) is 2. The van der Waals surface area contributed by atoms with Gasteiger partial charge in [-0.2, -0.15) is 5.26 Å². The molecule has 1 aliphatic heterocycles. The third kappa shape index (κ3) is 3.41. The maximum absolute atomic E-state index is 13.0. The molecule has 2 heterocycles. The highest BCUT2D eigenvalue weighted by Crippen LogP contribution is 2.43. The van der Waals surface area contributed by atoms with Gasteiger partial charge < -0.3 is 15.2 Å². The molecule has 10 nitrogen and oxygen atoms in total. The van der Waals surface area contributed by atoms with E-state index in [1.54, 1.807) is 42.5 Å². The molecule has 4 N–H and O–H groups in total. The van der Waals surface area contributed by atoms with Crippen molar-refractivity contribution >= 4 is 28.5 Å². The number of methoxy groups -OCH3 is 2. The van der Waals surface area contributed by atoms with Gasteiger partial charge in [-0.25, -0.2) is 9.59 Å². The Morgan fingerprint density at radius 1 is 1.06 bits per heavy atom. The minimum atomic E-state index is -0.954. The molecule has 33 heavy (non-hydrogen) atoms. The predicted octanol–water partition coefficient (Wildman–Crippen LogP) is 1.75. The third-order valence-electron chi connectivity index (χ3n) is 5.43. The number of fused-ring (bicyclic) bond motifs is 1. The Balaban J connectivity index is 2.07. The molecule has 4 rings (SSSR count).